The molecule has 92 valence electrons. The van der Waals surface area contributed by atoms with Crippen molar-refractivity contribution in [2.45, 2.75) is 38.5 Å². The van der Waals surface area contributed by atoms with E-state index in [4.69, 9.17) is 4.74 Å². The first-order valence-corrected chi connectivity index (χ1v) is 6.65. The van der Waals surface area contributed by atoms with Crippen molar-refractivity contribution in [3.05, 3.63) is 0 Å². The van der Waals surface area contributed by atoms with Crippen molar-refractivity contribution >= 4 is 5.78 Å². The molecule has 0 radical (unpaired) electrons. The first-order valence-electron chi connectivity index (χ1n) is 6.65. The molecule has 2 aliphatic heterocycles. The van der Waals surface area contributed by atoms with E-state index in [1.165, 1.54) is 12.8 Å². The number of Topliss-reactive ketones (excluding diaryl/α,β-unsaturated/α-hetero) is 1. The van der Waals surface area contributed by atoms with Gasteiger partial charge in [0, 0.05) is 26.1 Å². The van der Waals surface area contributed by atoms with Crippen LogP contribution in [0.3, 0.4) is 0 Å². The summed E-state index contributed by atoms with van der Waals surface area (Å²) in [5.41, 5.74) is 0. The molecule has 0 bridgehead atoms. The van der Waals surface area contributed by atoms with Crippen molar-refractivity contribution in [2.75, 3.05) is 26.3 Å². The highest BCUT2D eigenvalue weighted by Gasteiger charge is 2.21. The Bertz CT molecular complexity index is 196. The smallest absolute Gasteiger partial charge is 0.133 e. The Balaban J connectivity index is 1.66. The maximum atomic E-state index is 11.9. The van der Waals surface area contributed by atoms with E-state index < -0.39 is 0 Å². The van der Waals surface area contributed by atoms with E-state index in [9.17, 15) is 4.79 Å². The lowest BCUT2D eigenvalue weighted by Gasteiger charge is -2.24. The van der Waals surface area contributed by atoms with Crippen LogP contribution in [0.25, 0.3) is 0 Å². The Morgan fingerprint density at radius 3 is 2.19 bits per heavy atom. The van der Waals surface area contributed by atoms with E-state index >= 15 is 0 Å². The zero-order valence-corrected chi connectivity index (χ0v) is 10.0. The minimum absolute atomic E-state index is 0.485. The lowest BCUT2D eigenvalue weighted by molar-refractivity contribution is -0.121. The number of rotatable bonds is 4. The third-order valence-corrected chi connectivity index (χ3v) is 3.83. The second-order valence-electron chi connectivity index (χ2n) is 5.20. The van der Waals surface area contributed by atoms with Gasteiger partial charge in [-0.1, -0.05) is 0 Å². The van der Waals surface area contributed by atoms with E-state index in [1.807, 2.05) is 0 Å². The molecule has 3 heteroatoms. The molecular formula is C13H23NO2. The summed E-state index contributed by atoms with van der Waals surface area (Å²) < 4.78 is 5.31. The summed E-state index contributed by atoms with van der Waals surface area (Å²) in [5.74, 6) is 1.73. The Hall–Kier alpha value is -0.410. The van der Waals surface area contributed by atoms with Crippen molar-refractivity contribution in [1.29, 1.82) is 0 Å². The Morgan fingerprint density at radius 2 is 1.56 bits per heavy atom. The van der Waals surface area contributed by atoms with Crippen LogP contribution in [-0.2, 0) is 9.53 Å². The van der Waals surface area contributed by atoms with E-state index in [2.05, 4.69) is 5.32 Å². The number of ether oxygens (including phenoxy) is 1. The molecule has 16 heavy (non-hydrogen) atoms. The van der Waals surface area contributed by atoms with Gasteiger partial charge in [0.2, 0.25) is 0 Å². The van der Waals surface area contributed by atoms with Crippen LogP contribution in [0, 0.1) is 11.8 Å². The largest absolute Gasteiger partial charge is 0.381 e. The average molecular weight is 225 g/mol. The van der Waals surface area contributed by atoms with Crippen LogP contribution in [0.1, 0.15) is 38.5 Å². The molecular weight excluding hydrogens is 202 g/mol. The Labute approximate surface area is 97.9 Å². The molecule has 2 aliphatic rings. The Kier molecular flexibility index (Phi) is 4.79. The highest BCUT2D eigenvalue weighted by atomic mass is 16.5. The van der Waals surface area contributed by atoms with Gasteiger partial charge in [-0.3, -0.25) is 4.79 Å². The molecule has 0 spiro atoms. The van der Waals surface area contributed by atoms with Gasteiger partial charge in [0.25, 0.3) is 0 Å². The van der Waals surface area contributed by atoms with E-state index in [1.54, 1.807) is 0 Å². The number of piperidine rings is 1. The van der Waals surface area contributed by atoms with E-state index in [0.717, 1.165) is 52.0 Å². The lowest BCUT2D eigenvalue weighted by atomic mass is 9.87. The molecule has 0 aliphatic carbocycles. The molecule has 2 rings (SSSR count). The summed E-state index contributed by atoms with van der Waals surface area (Å²) in [4.78, 5) is 11.9. The maximum absolute atomic E-state index is 11.9. The zero-order chi connectivity index (χ0) is 11.2. The van der Waals surface area contributed by atoms with Gasteiger partial charge in [-0.05, 0) is 50.6 Å². The van der Waals surface area contributed by atoms with Crippen molar-refractivity contribution < 1.29 is 9.53 Å². The predicted molar refractivity (Wildman–Crippen MR) is 63.4 cm³/mol. The fourth-order valence-corrected chi connectivity index (χ4v) is 2.76. The third kappa shape index (κ3) is 3.87. The molecule has 0 unspecified atom stereocenters. The van der Waals surface area contributed by atoms with Gasteiger partial charge in [0.05, 0.1) is 0 Å². The Morgan fingerprint density at radius 1 is 1.00 bits per heavy atom. The van der Waals surface area contributed by atoms with Crippen molar-refractivity contribution in [3.63, 3.8) is 0 Å². The molecule has 1 N–H and O–H groups in total. The molecule has 2 saturated heterocycles. The molecule has 0 saturated carbocycles. The molecule has 3 nitrogen and oxygen atoms in total. The number of ketones is 1. The third-order valence-electron chi connectivity index (χ3n) is 3.83. The predicted octanol–water partition coefficient (Wildman–Crippen LogP) is 1.76. The van der Waals surface area contributed by atoms with Gasteiger partial charge in [-0.15, -0.1) is 0 Å². The van der Waals surface area contributed by atoms with Crippen LogP contribution in [0.4, 0.5) is 0 Å². The van der Waals surface area contributed by atoms with Crippen molar-refractivity contribution in [3.8, 4) is 0 Å². The summed E-state index contributed by atoms with van der Waals surface area (Å²) in [5, 5.41) is 3.34. The fourth-order valence-electron chi connectivity index (χ4n) is 2.76. The molecule has 0 amide bonds. The fraction of sp³-hybridized carbons (Fsp3) is 0.923. The number of nitrogens with one attached hydrogen (secondary N) is 1. The summed E-state index contributed by atoms with van der Waals surface area (Å²) in [7, 11) is 0. The average Bonchev–Trinajstić information content (AvgIpc) is 2.31. The van der Waals surface area contributed by atoms with Gasteiger partial charge in [-0.2, -0.15) is 0 Å². The second kappa shape index (κ2) is 6.36. The summed E-state index contributed by atoms with van der Waals surface area (Å²) in [6, 6.07) is 0. The normalized spacial score (nSPS) is 24.5. The van der Waals surface area contributed by atoms with Crippen molar-refractivity contribution in [2.24, 2.45) is 11.8 Å². The number of hydrogen-bond donors (Lipinski definition) is 1. The van der Waals surface area contributed by atoms with Crippen LogP contribution in [0.15, 0.2) is 0 Å². The van der Waals surface area contributed by atoms with Gasteiger partial charge >= 0.3 is 0 Å². The van der Waals surface area contributed by atoms with Crippen LogP contribution in [0.2, 0.25) is 0 Å². The monoisotopic (exact) mass is 225 g/mol. The van der Waals surface area contributed by atoms with Gasteiger partial charge < -0.3 is 10.1 Å². The van der Waals surface area contributed by atoms with E-state index in [0.29, 0.717) is 17.6 Å². The number of hydrogen-bond acceptors (Lipinski definition) is 3. The minimum atomic E-state index is 0.485. The maximum Gasteiger partial charge on any atom is 0.133 e. The van der Waals surface area contributed by atoms with Crippen LogP contribution in [0.5, 0.6) is 0 Å². The molecule has 0 aromatic rings. The zero-order valence-electron chi connectivity index (χ0n) is 10.0. The molecule has 0 atom stereocenters. The quantitative estimate of drug-likeness (QED) is 0.792. The van der Waals surface area contributed by atoms with Gasteiger partial charge in [0.1, 0.15) is 5.78 Å². The topological polar surface area (TPSA) is 38.3 Å². The van der Waals surface area contributed by atoms with Crippen molar-refractivity contribution in [1.82, 2.24) is 5.32 Å². The van der Waals surface area contributed by atoms with Crippen LogP contribution < -0.4 is 5.32 Å². The molecule has 2 heterocycles. The SMILES string of the molecule is O=C(CC1CCNCC1)CC1CCOCC1. The van der Waals surface area contributed by atoms with Crippen LogP contribution >= 0.6 is 0 Å². The van der Waals surface area contributed by atoms with Gasteiger partial charge in [-0.25, -0.2) is 0 Å². The standard InChI is InChI=1S/C13H23NO2/c15-13(9-11-1-5-14-6-2-11)10-12-3-7-16-8-4-12/h11-12,14H,1-10H2. The number of carbonyl (C=O) groups excluding carboxylic acids is 1. The van der Waals surface area contributed by atoms with Gasteiger partial charge in [0.15, 0.2) is 0 Å². The lowest BCUT2D eigenvalue weighted by Crippen LogP contribution is -2.29. The highest BCUT2D eigenvalue weighted by molar-refractivity contribution is 5.78. The number of carbonyl (C=O) groups is 1. The first kappa shape index (κ1) is 12.1. The summed E-state index contributed by atoms with van der Waals surface area (Å²) >= 11 is 0. The second-order valence-corrected chi connectivity index (χ2v) is 5.20. The first-order chi connectivity index (χ1) is 7.84. The molecule has 2 fully saturated rings. The minimum Gasteiger partial charge on any atom is -0.381 e. The summed E-state index contributed by atoms with van der Waals surface area (Å²) in [6.45, 7) is 3.89. The van der Waals surface area contributed by atoms with Crippen LogP contribution in [-0.4, -0.2) is 32.1 Å². The summed E-state index contributed by atoms with van der Waals surface area (Å²) in [6.07, 6.45) is 6.14. The van der Waals surface area contributed by atoms with E-state index in [-0.39, 0.29) is 0 Å². The molecule has 0 aromatic heterocycles. The molecule has 0 aromatic carbocycles. The highest BCUT2D eigenvalue weighted by Crippen LogP contribution is 2.22.